The highest BCUT2D eigenvalue weighted by molar-refractivity contribution is 5.80. The van der Waals surface area contributed by atoms with Crippen molar-refractivity contribution >= 4 is 17.9 Å². The fourth-order valence-corrected chi connectivity index (χ4v) is 3.37. The Bertz CT molecular complexity index is 656. The molecule has 1 saturated heterocycles. The number of aliphatic carboxylic acids is 1. The van der Waals surface area contributed by atoms with Gasteiger partial charge in [-0.25, -0.2) is 4.79 Å². The maximum absolute atomic E-state index is 12.6. The summed E-state index contributed by atoms with van der Waals surface area (Å²) in [5.41, 5.74) is 1.08. The zero-order valence-corrected chi connectivity index (χ0v) is 16.3. The fourth-order valence-electron chi connectivity index (χ4n) is 3.37. The molecule has 1 atom stereocenters. The summed E-state index contributed by atoms with van der Waals surface area (Å²) < 4.78 is 0. The van der Waals surface area contributed by atoms with E-state index in [0.29, 0.717) is 32.5 Å². The second-order valence-electron chi connectivity index (χ2n) is 7.34. The highest BCUT2D eigenvalue weighted by Crippen LogP contribution is 2.21. The maximum atomic E-state index is 12.6. The Labute approximate surface area is 160 Å². The van der Waals surface area contributed by atoms with Crippen molar-refractivity contribution in [2.24, 2.45) is 11.8 Å². The number of piperidine rings is 1. The zero-order valence-electron chi connectivity index (χ0n) is 16.3. The smallest absolute Gasteiger partial charge is 0.320 e. The van der Waals surface area contributed by atoms with Crippen LogP contribution in [-0.4, -0.2) is 71.4 Å². The number of hydrogen-bond donors (Lipinski definition) is 1. The number of nitrogens with zero attached hydrogens (tertiary/aromatic N) is 3. The lowest BCUT2D eigenvalue weighted by Crippen LogP contribution is -2.48. The van der Waals surface area contributed by atoms with Crippen LogP contribution in [-0.2, 0) is 16.1 Å². The minimum absolute atomic E-state index is 0.0300. The third kappa shape index (κ3) is 5.70. The van der Waals surface area contributed by atoms with Crippen molar-refractivity contribution < 1.29 is 19.5 Å². The van der Waals surface area contributed by atoms with E-state index in [-0.39, 0.29) is 24.4 Å². The molecule has 1 aliphatic heterocycles. The largest absolute Gasteiger partial charge is 0.481 e. The Morgan fingerprint density at radius 3 is 2.26 bits per heavy atom. The van der Waals surface area contributed by atoms with E-state index in [0.717, 1.165) is 5.56 Å². The second kappa shape index (κ2) is 9.39. The van der Waals surface area contributed by atoms with E-state index >= 15 is 0 Å². The molecule has 1 aromatic rings. The van der Waals surface area contributed by atoms with Crippen molar-refractivity contribution in [1.82, 2.24) is 14.7 Å². The molecule has 0 aliphatic carbocycles. The van der Waals surface area contributed by atoms with Crippen LogP contribution in [0.4, 0.5) is 4.79 Å². The Hall–Kier alpha value is -2.57. The summed E-state index contributed by atoms with van der Waals surface area (Å²) in [6, 6.07) is 9.79. The molecule has 0 spiro atoms. The molecule has 1 N–H and O–H groups in total. The van der Waals surface area contributed by atoms with E-state index in [1.54, 1.807) is 30.8 Å². The number of amides is 3. The number of benzene rings is 1. The summed E-state index contributed by atoms with van der Waals surface area (Å²) in [5, 5.41) is 8.99. The van der Waals surface area contributed by atoms with Gasteiger partial charge in [0, 0.05) is 46.2 Å². The number of carboxylic acids is 1. The lowest BCUT2D eigenvalue weighted by molar-refractivity contribution is -0.143. The summed E-state index contributed by atoms with van der Waals surface area (Å²) >= 11 is 0. The van der Waals surface area contributed by atoms with Gasteiger partial charge in [-0.05, 0) is 18.4 Å². The molecule has 0 radical (unpaired) electrons. The maximum Gasteiger partial charge on any atom is 0.320 e. The van der Waals surface area contributed by atoms with E-state index in [9.17, 15) is 14.4 Å². The van der Waals surface area contributed by atoms with Crippen molar-refractivity contribution in [3.8, 4) is 0 Å². The third-order valence-electron chi connectivity index (χ3n) is 5.05. The van der Waals surface area contributed by atoms with Gasteiger partial charge in [-0.15, -0.1) is 0 Å². The van der Waals surface area contributed by atoms with Gasteiger partial charge in [0.25, 0.3) is 0 Å². The fraction of sp³-hybridized carbons (Fsp3) is 0.550. The number of hydrogen-bond acceptors (Lipinski definition) is 3. The van der Waals surface area contributed by atoms with Gasteiger partial charge < -0.3 is 19.8 Å². The molecule has 3 amide bonds. The molecular formula is C20H29N3O4. The van der Waals surface area contributed by atoms with Crippen LogP contribution in [0.15, 0.2) is 30.3 Å². The van der Waals surface area contributed by atoms with Gasteiger partial charge in [-0.3, -0.25) is 9.59 Å². The van der Waals surface area contributed by atoms with Crippen molar-refractivity contribution in [1.29, 1.82) is 0 Å². The lowest BCUT2D eigenvalue weighted by atomic mass is 9.95. The molecular weight excluding hydrogens is 346 g/mol. The van der Waals surface area contributed by atoms with E-state index in [1.165, 1.54) is 4.90 Å². The molecule has 27 heavy (non-hydrogen) atoms. The molecule has 0 bridgehead atoms. The summed E-state index contributed by atoms with van der Waals surface area (Å²) in [4.78, 5) is 41.1. The van der Waals surface area contributed by atoms with E-state index < -0.39 is 11.9 Å². The van der Waals surface area contributed by atoms with Crippen LogP contribution in [0.5, 0.6) is 0 Å². The average molecular weight is 375 g/mol. The monoisotopic (exact) mass is 375 g/mol. The number of likely N-dealkylation sites (tertiary alicyclic amines) is 1. The van der Waals surface area contributed by atoms with E-state index in [2.05, 4.69) is 0 Å². The lowest BCUT2D eigenvalue weighted by Gasteiger charge is -2.35. The standard InChI is InChI=1S/C20H29N3O4/c1-15(19(25)26)13-21(2)18(24)17-9-11-23(12-10-17)20(27)22(3)14-16-7-5-4-6-8-16/h4-8,15,17H,9-14H2,1-3H3,(H,25,26). The van der Waals surface area contributed by atoms with Gasteiger partial charge in [0.2, 0.25) is 5.91 Å². The first-order valence-electron chi connectivity index (χ1n) is 9.31. The van der Waals surface area contributed by atoms with Gasteiger partial charge in [0.1, 0.15) is 0 Å². The van der Waals surface area contributed by atoms with Crippen molar-refractivity contribution in [3.05, 3.63) is 35.9 Å². The molecule has 7 nitrogen and oxygen atoms in total. The predicted molar refractivity (Wildman–Crippen MR) is 102 cm³/mol. The SMILES string of the molecule is CC(CN(C)C(=O)C1CCN(C(=O)N(C)Cc2ccccc2)CC1)C(=O)O. The molecule has 1 unspecified atom stereocenters. The summed E-state index contributed by atoms with van der Waals surface area (Å²) in [6.45, 7) is 3.42. The van der Waals surface area contributed by atoms with Gasteiger partial charge in [0.15, 0.2) is 0 Å². The van der Waals surface area contributed by atoms with Crippen LogP contribution in [0.25, 0.3) is 0 Å². The summed E-state index contributed by atoms with van der Waals surface area (Å²) in [6.07, 6.45) is 1.21. The van der Waals surface area contributed by atoms with Crippen LogP contribution in [0.2, 0.25) is 0 Å². The minimum atomic E-state index is -0.906. The molecule has 1 heterocycles. The Morgan fingerprint density at radius 1 is 1.11 bits per heavy atom. The molecule has 1 fully saturated rings. The minimum Gasteiger partial charge on any atom is -0.481 e. The number of carboxylic acid groups (broad SMARTS) is 1. The highest BCUT2D eigenvalue weighted by atomic mass is 16.4. The van der Waals surface area contributed by atoms with Crippen LogP contribution in [0.3, 0.4) is 0 Å². The topological polar surface area (TPSA) is 81.2 Å². The van der Waals surface area contributed by atoms with Crippen molar-refractivity contribution in [3.63, 3.8) is 0 Å². The average Bonchev–Trinajstić information content (AvgIpc) is 2.67. The highest BCUT2D eigenvalue weighted by Gasteiger charge is 2.31. The molecule has 2 rings (SSSR count). The first-order valence-corrected chi connectivity index (χ1v) is 9.31. The molecule has 0 saturated carbocycles. The Morgan fingerprint density at radius 2 is 1.70 bits per heavy atom. The van der Waals surface area contributed by atoms with Crippen LogP contribution < -0.4 is 0 Å². The zero-order chi connectivity index (χ0) is 20.0. The van der Waals surface area contributed by atoms with Gasteiger partial charge in [-0.2, -0.15) is 0 Å². The van der Waals surface area contributed by atoms with Crippen LogP contribution >= 0.6 is 0 Å². The molecule has 0 aromatic heterocycles. The number of carbonyl (C=O) groups excluding carboxylic acids is 2. The summed E-state index contributed by atoms with van der Waals surface area (Å²) in [5.74, 6) is -1.68. The number of carbonyl (C=O) groups is 3. The van der Waals surface area contributed by atoms with Gasteiger partial charge in [0.05, 0.1) is 5.92 Å². The first-order chi connectivity index (χ1) is 12.8. The van der Waals surface area contributed by atoms with Crippen LogP contribution in [0.1, 0.15) is 25.3 Å². The summed E-state index contributed by atoms with van der Waals surface area (Å²) in [7, 11) is 3.43. The number of urea groups is 1. The molecule has 7 heteroatoms. The molecule has 148 valence electrons. The van der Waals surface area contributed by atoms with E-state index in [1.807, 2.05) is 30.3 Å². The molecule has 1 aliphatic rings. The van der Waals surface area contributed by atoms with Crippen molar-refractivity contribution in [2.75, 3.05) is 33.7 Å². The van der Waals surface area contributed by atoms with Crippen LogP contribution in [0, 0.1) is 11.8 Å². The molecule has 1 aromatic carbocycles. The first kappa shape index (κ1) is 20.7. The normalized spacial score (nSPS) is 15.9. The Kier molecular flexibility index (Phi) is 7.21. The van der Waals surface area contributed by atoms with Crippen molar-refractivity contribution in [2.45, 2.75) is 26.3 Å². The second-order valence-corrected chi connectivity index (χ2v) is 7.34. The quantitative estimate of drug-likeness (QED) is 0.826. The predicted octanol–water partition coefficient (Wildman–Crippen LogP) is 2.13. The van der Waals surface area contributed by atoms with Gasteiger partial charge in [-0.1, -0.05) is 37.3 Å². The third-order valence-corrected chi connectivity index (χ3v) is 5.05. The number of rotatable bonds is 6. The van der Waals surface area contributed by atoms with Gasteiger partial charge >= 0.3 is 12.0 Å². The van der Waals surface area contributed by atoms with E-state index in [4.69, 9.17) is 5.11 Å². The Balaban J connectivity index is 1.82.